The Hall–Kier alpha value is -2.86. The van der Waals surface area contributed by atoms with E-state index in [0.29, 0.717) is 43.8 Å². The molecule has 6 heteroatoms. The van der Waals surface area contributed by atoms with Crippen LogP contribution in [0.1, 0.15) is 29.3 Å². The fourth-order valence-corrected chi connectivity index (χ4v) is 3.16. The Morgan fingerprint density at radius 2 is 1.86 bits per heavy atom. The van der Waals surface area contributed by atoms with Crippen molar-refractivity contribution in [1.29, 1.82) is 0 Å². The van der Waals surface area contributed by atoms with Crippen molar-refractivity contribution in [1.82, 2.24) is 4.90 Å². The van der Waals surface area contributed by atoms with Crippen LogP contribution in [-0.2, 0) is 16.0 Å². The number of morpholine rings is 1. The summed E-state index contributed by atoms with van der Waals surface area (Å²) >= 11 is 0. The number of nitrogens with zero attached hydrogens (tertiary/aromatic N) is 1. The standard InChI is InChI=1S/C22H26N2O4/c1-16-15-24(13-14-28-16)22(26)18-6-8-19(9-7-18)23-21(25)12-5-17-3-10-20(27-2)11-4-17/h3-4,6-11,16H,5,12-15H2,1-2H3,(H,23,25). The van der Waals surface area contributed by atoms with Crippen LogP contribution in [0.2, 0.25) is 0 Å². The highest BCUT2D eigenvalue weighted by Crippen LogP contribution is 2.16. The molecule has 2 aromatic rings. The van der Waals surface area contributed by atoms with Crippen molar-refractivity contribution in [2.45, 2.75) is 25.9 Å². The molecule has 1 unspecified atom stereocenters. The zero-order valence-corrected chi connectivity index (χ0v) is 16.3. The third-order valence-electron chi connectivity index (χ3n) is 4.74. The van der Waals surface area contributed by atoms with E-state index in [0.717, 1.165) is 11.3 Å². The number of benzene rings is 2. The number of hydrogen-bond acceptors (Lipinski definition) is 4. The van der Waals surface area contributed by atoms with E-state index in [4.69, 9.17) is 9.47 Å². The second-order valence-corrected chi connectivity index (χ2v) is 6.91. The average molecular weight is 382 g/mol. The van der Waals surface area contributed by atoms with Crippen LogP contribution in [0.3, 0.4) is 0 Å². The van der Waals surface area contributed by atoms with Crippen LogP contribution < -0.4 is 10.1 Å². The molecular formula is C22H26N2O4. The fraction of sp³-hybridized carbons (Fsp3) is 0.364. The van der Waals surface area contributed by atoms with Gasteiger partial charge in [0, 0.05) is 30.8 Å². The molecule has 0 bridgehead atoms. The van der Waals surface area contributed by atoms with Gasteiger partial charge in [-0.15, -0.1) is 0 Å². The van der Waals surface area contributed by atoms with Crippen molar-refractivity contribution in [3.63, 3.8) is 0 Å². The number of carbonyl (C=O) groups is 2. The molecule has 1 heterocycles. The van der Waals surface area contributed by atoms with Crippen LogP contribution in [0.5, 0.6) is 5.75 Å². The van der Waals surface area contributed by atoms with E-state index in [-0.39, 0.29) is 17.9 Å². The highest BCUT2D eigenvalue weighted by Gasteiger charge is 2.22. The molecule has 2 aromatic carbocycles. The Morgan fingerprint density at radius 1 is 1.14 bits per heavy atom. The molecule has 0 saturated carbocycles. The number of hydrogen-bond donors (Lipinski definition) is 1. The summed E-state index contributed by atoms with van der Waals surface area (Å²) in [6.07, 6.45) is 1.10. The van der Waals surface area contributed by atoms with Gasteiger partial charge in [-0.3, -0.25) is 9.59 Å². The number of methoxy groups -OCH3 is 1. The fourth-order valence-electron chi connectivity index (χ4n) is 3.16. The molecule has 148 valence electrons. The number of rotatable bonds is 6. The topological polar surface area (TPSA) is 67.9 Å². The number of amides is 2. The maximum atomic E-state index is 12.6. The Bertz CT molecular complexity index is 802. The molecule has 6 nitrogen and oxygen atoms in total. The predicted octanol–water partition coefficient (Wildman–Crippen LogP) is 3.13. The van der Waals surface area contributed by atoms with Crippen LogP contribution in [0.25, 0.3) is 0 Å². The van der Waals surface area contributed by atoms with Crippen LogP contribution >= 0.6 is 0 Å². The molecule has 1 saturated heterocycles. The van der Waals surface area contributed by atoms with Gasteiger partial charge >= 0.3 is 0 Å². The lowest BCUT2D eigenvalue weighted by atomic mass is 10.1. The first-order valence-electron chi connectivity index (χ1n) is 9.49. The summed E-state index contributed by atoms with van der Waals surface area (Å²) in [6.45, 7) is 3.73. The van der Waals surface area contributed by atoms with Crippen LogP contribution in [0.4, 0.5) is 5.69 Å². The zero-order chi connectivity index (χ0) is 19.9. The molecular weight excluding hydrogens is 356 g/mol. The molecule has 1 fully saturated rings. The van der Waals surface area contributed by atoms with Crippen molar-refractivity contribution in [2.75, 3.05) is 32.1 Å². The molecule has 28 heavy (non-hydrogen) atoms. The van der Waals surface area contributed by atoms with E-state index < -0.39 is 0 Å². The van der Waals surface area contributed by atoms with Gasteiger partial charge in [0.15, 0.2) is 0 Å². The number of anilines is 1. The van der Waals surface area contributed by atoms with E-state index >= 15 is 0 Å². The molecule has 1 N–H and O–H groups in total. The predicted molar refractivity (Wildman–Crippen MR) is 108 cm³/mol. The van der Waals surface area contributed by atoms with E-state index in [9.17, 15) is 9.59 Å². The molecule has 0 aliphatic carbocycles. The SMILES string of the molecule is COc1ccc(CCC(=O)Nc2ccc(C(=O)N3CCOC(C)C3)cc2)cc1. The molecule has 0 aromatic heterocycles. The second kappa shape index (κ2) is 9.37. The molecule has 0 radical (unpaired) electrons. The summed E-state index contributed by atoms with van der Waals surface area (Å²) in [7, 11) is 1.63. The van der Waals surface area contributed by atoms with Gasteiger partial charge in [0.1, 0.15) is 5.75 Å². The smallest absolute Gasteiger partial charge is 0.254 e. The third kappa shape index (κ3) is 5.33. The highest BCUT2D eigenvalue weighted by molar-refractivity contribution is 5.96. The number of carbonyl (C=O) groups excluding carboxylic acids is 2. The first-order valence-corrected chi connectivity index (χ1v) is 9.49. The lowest BCUT2D eigenvalue weighted by Gasteiger charge is -2.31. The minimum atomic E-state index is -0.0584. The number of aryl methyl sites for hydroxylation is 1. The number of nitrogens with one attached hydrogen (secondary N) is 1. The Balaban J connectivity index is 1.50. The van der Waals surface area contributed by atoms with Crippen molar-refractivity contribution >= 4 is 17.5 Å². The third-order valence-corrected chi connectivity index (χ3v) is 4.74. The Labute approximate surface area is 165 Å². The van der Waals surface area contributed by atoms with Crippen molar-refractivity contribution < 1.29 is 19.1 Å². The molecule has 2 amide bonds. The van der Waals surface area contributed by atoms with Gasteiger partial charge in [-0.05, 0) is 55.3 Å². The van der Waals surface area contributed by atoms with Gasteiger partial charge in [-0.25, -0.2) is 0 Å². The summed E-state index contributed by atoms with van der Waals surface area (Å²) in [6, 6.07) is 14.7. The molecule has 0 spiro atoms. The lowest BCUT2D eigenvalue weighted by Crippen LogP contribution is -2.44. The van der Waals surface area contributed by atoms with Crippen molar-refractivity contribution in [3.05, 3.63) is 59.7 Å². The van der Waals surface area contributed by atoms with Gasteiger partial charge in [-0.2, -0.15) is 0 Å². The summed E-state index contributed by atoms with van der Waals surface area (Å²) in [5, 5.41) is 2.88. The van der Waals surface area contributed by atoms with Gasteiger partial charge in [0.05, 0.1) is 19.8 Å². The average Bonchev–Trinajstić information content (AvgIpc) is 2.72. The molecule has 1 aliphatic heterocycles. The minimum Gasteiger partial charge on any atom is -0.497 e. The Kier molecular flexibility index (Phi) is 6.66. The first-order chi connectivity index (χ1) is 13.5. The Morgan fingerprint density at radius 3 is 2.50 bits per heavy atom. The summed E-state index contributed by atoms with van der Waals surface area (Å²) < 4.78 is 10.6. The maximum absolute atomic E-state index is 12.6. The maximum Gasteiger partial charge on any atom is 0.254 e. The van der Waals surface area contributed by atoms with Crippen LogP contribution in [0.15, 0.2) is 48.5 Å². The minimum absolute atomic E-state index is 0.00691. The van der Waals surface area contributed by atoms with E-state index in [1.54, 1.807) is 36.3 Å². The largest absolute Gasteiger partial charge is 0.497 e. The van der Waals surface area contributed by atoms with E-state index in [1.165, 1.54) is 0 Å². The normalized spacial score (nSPS) is 16.5. The highest BCUT2D eigenvalue weighted by atomic mass is 16.5. The molecule has 3 rings (SSSR count). The summed E-state index contributed by atoms with van der Waals surface area (Å²) in [4.78, 5) is 26.5. The van der Waals surface area contributed by atoms with E-state index in [2.05, 4.69) is 5.32 Å². The number of ether oxygens (including phenoxy) is 2. The van der Waals surface area contributed by atoms with Gasteiger partial charge in [0.2, 0.25) is 5.91 Å². The van der Waals surface area contributed by atoms with Crippen molar-refractivity contribution in [3.8, 4) is 5.75 Å². The van der Waals surface area contributed by atoms with E-state index in [1.807, 2.05) is 31.2 Å². The van der Waals surface area contributed by atoms with Crippen molar-refractivity contribution in [2.24, 2.45) is 0 Å². The second-order valence-electron chi connectivity index (χ2n) is 6.91. The van der Waals surface area contributed by atoms with Gasteiger partial charge < -0.3 is 19.7 Å². The quantitative estimate of drug-likeness (QED) is 0.834. The first kappa shape index (κ1) is 19.9. The monoisotopic (exact) mass is 382 g/mol. The van der Waals surface area contributed by atoms with Crippen LogP contribution in [0, 0.1) is 0 Å². The summed E-state index contributed by atoms with van der Waals surface area (Å²) in [5.41, 5.74) is 2.38. The van der Waals surface area contributed by atoms with Gasteiger partial charge in [0.25, 0.3) is 5.91 Å². The summed E-state index contributed by atoms with van der Waals surface area (Å²) in [5.74, 6) is 0.735. The van der Waals surface area contributed by atoms with Crippen LogP contribution in [-0.4, -0.2) is 49.6 Å². The molecule has 1 atom stereocenters. The lowest BCUT2D eigenvalue weighted by molar-refractivity contribution is -0.116. The zero-order valence-electron chi connectivity index (χ0n) is 16.3. The molecule has 1 aliphatic rings. The van der Waals surface area contributed by atoms with Gasteiger partial charge in [-0.1, -0.05) is 12.1 Å².